The quantitative estimate of drug-likeness (QED) is 0.553. The molecule has 1 aliphatic rings. The van der Waals surface area contributed by atoms with Crippen LogP contribution >= 0.6 is 0 Å². The number of rotatable bonds is 4. The van der Waals surface area contributed by atoms with Crippen molar-refractivity contribution in [1.82, 2.24) is 24.2 Å². The molecule has 0 amide bonds. The lowest BCUT2D eigenvalue weighted by atomic mass is 10.0. The molecule has 1 aliphatic heterocycles. The van der Waals surface area contributed by atoms with Crippen molar-refractivity contribution < 1.29 is 0 Å². The average Bonchev–Trinajstić information content (AvgIpc) is 3.39. The molecule has 0 N–H and O–H groups in total. The van der Waals surface area contributed by atoms with Crippen LogP contribution in [0.15, 0.2) is 73.4 Å². The monoisotopic (exact) mass is 357 g/mol. The van der Waals surface area contributed by atoms with E-state index in [1.165, 1.54) is 29.3 Å². The highest BCUT2D eigenvalue weighted by atomic mass is 15.2. The van der Waals surface area contributed by atoms with E-state index in [1.54, 1.807) is 12.7 Å². The van der Waals surface area contributed by atoms with Gasteiger partial charge in [-0.05, 0) is 42.0 Å². The lowest BCUT2D eigenvalue weighted by Crippen LogP contribution is -2.34. The van der Waals surface area contributed by atoms with Crippen molar-refractivity contribution >= 4 is 10.9 Å². The second-order valence-corrected chi connectivity index (χ2v) is 7.33. The van der Waals surface area contributed by atoms with Gasteiger partial charge in [0.25, 0.3) is 0 Å². The molecule has 0 unspecified atom stereocenters. The molecular formula is C22H23N5. The Kier molecular flexibility index (Phi) is 4.22. The maximum absolute atomic E-state index is 3.92. The molecule has 5 nitrogen and oxygen atoms in total. The van der Waals surface area contributed by atoms with Crippen molar-refractivity contribution in [2.24, 2.45) is 0 Å². The summed E-state index contributed by atoms with van der Waals surface area (Å²) in [4.78, 5) is 2.57. The van der Waals surface area contributed by atoms with E-state index < -0.39 is 0 Å². The van der Waals surface area contributed by atoms with Gasteiger partial charge in [0, 0.05) is 31.9 Å². The number of hydrogen-bond acceptors (Lipinski definition) is 3. The predicted molar refractivity (Wildman–Crippen MR) is 107 cm³/mol. The molecule has 3 heterocycles. The Balaban J connectivity index is 1.33. The molecule has 27 heavy (non-hydrogen) atoms. The standard InChI is InChI=1S/C22H23N5/c1-2-4-18(5-3-1)15-25-11-9-20(10-12-25)27-13-8-19-6-7-21(14-22(19)27)26-16-23-24-17-26/h1-8,13-14,16-17,20H,9-12,15H2. The summed E-state index contributed by atoms with van der Waals surface area (Å²) in [5.41, 5.74) is 3.80. The first-order valence-electron chi connectivity index (χ1n) is 9.59. The first-order chi connectivity index (χ1) is 13.4. The van der Waals surface area contributed by atoms with Crippen LogP contribution < -0.4 is 0 Å². The van der Waals surface area contributed by atoms with E-state index in [0.29, 0.717) is 6.04 Å². The van der Waals surface area contributed by atoms with Crippen molar-refractivity contribution in [1.29, 1.82) is 0 Å². The normalized spacial score (nSPS) is 16.1. The van der Waals surface area contributed by atoms with E-state index in [0.717, 1.165) is 25.3 Å². The molecule has 0 atom stereocenters. The molecule has 2 aromatic carbocycles. The molecule has 4 aromatic rings. The third-order valence-corrected chi connectivity index (χ3v) is 5.62. The van der Waals surface area contributed by atoms with E-state index in [-0.39, 0.29) is 0 Å². The van der Waals surface area contributed by atoms with Gasteiger partial charge in [0.2, 0.25) is 0 Å². The summed E-state index contributed by atoms with van der Waals surface area (Å²) in [6, 6.07) is 20.1. The van der Waals surface area contributed by atoms with Gasteiger partial charge < -0.3 is 4.57 Å². The average molecular weight is 357 g/mol. The van der Waals surface area contributed by atoms with Gasteiger partial charge in [-0.1, -0.05) is 36.4 Å². The number of aromatic nitrogens is 4. The van der Waals surface area contributed by atoms with E-state index in [2.05, 4.69) is 80.5 Å². The van der Waals surface area contributed by atoms with Gasteiger partial charge in [-0.25, -0.2) is 0 Å². The zero-order chi connectivity index (χ0) is 18.1. The van der Waals surface area contributed by atoms with Crippen molar-refractivity contribution in [2.45, 2.75) is 25.4 Å². The summed E-state index contributed by atoms with van der Waals surface area (Å²) in [5, 5.41) is 9.13. The number of benzene rings is 2. The molecule has 1 fully saturated rings. The smallest absolute Gasteiger partial charge is 0.123 e. The summed E-state index contributed by atoms with van der Waals surface area (Å²) in [7, 11) is 0. The van der Waals surface area contributed by atoms with Crippen molar-refractivity contribution in [3.63, 3.8) is 0 Å². The fourth-order valence-corrected chi connectivity index (χ4v) is 4.15. The van der Waals surface area contributed by atoms with Crippen LogP contribution in [0.3, 0.4) is 0 Å². The SMILES string of the molecule is c1ccc(CN2CCC(n3ccc4ccc(-n5cnnc5)cc43)CC2)cc1. The van der Waals surface area contributed by atoms with Crippen molar-refractivity contribution in [2.75, 3.05) is 13.1 Å². The van der Waals surface area contributed by atoms with Crippen LogP contribution in [0.5, 0.6) is 0 Å². The maximum Gasteiger partial charge on any atom is 0.123 e. The minimum Gasteiger partial charge on any atom is -0.344 e. The zero-order valence-electron chi connectivity index (χ0n) is 15.3. The first kappa shape index (κ1) is 16.3. The van der Waals surface area contributed by atoms with E-state index >= 15 is 0 Å². The van der Waals surface area contributed by atoms with Gasteiger partial charge in [-0.3, -0.25) is 9.47 Å². The minimum absolute atomic E-state index is 0.561. The van der Waals surface area contributed by atoms with Crippen LogP contribution in [0.4, 0.5) is 0 Å². The molecule has 1 saturated heterocycles. The van der Waals surface area contributed by atoms with Crippen LogP contribution in [0, 0.1) is 0 Å². The van der Waals surface area contributed by atoms with Crippen LogP contribution in [0.1, 0.15) is 24.4 Å². The molecule has 5 heteroatoms. The highest BCUT2D eigenvalue weighted by molar-refractivity contribution is 5.82. The summed E-state index contributed by atoms with van der Waals surface area (Å²) < 4.78 is 4.42. The second-order valence-electron chi connectivity index (χ2n) is 7.33. The van der Waals surface area contributed by atoms with Gasteiger partial charge >= 0.3 is 0 Å². The Hall–Kier alpha value is -2.92. The Morgan fingerprint density at radius 1 is 0.889 bits per heavy atom. The Labute approximate surface area is 158 Å². The van der Waals surface area contributed by atoms with Gasteiger partial charge in [-0.2, -0.15) is 0 Å². The highest BCUT2D eigenvalue weighted by Gasteiger charge is 2.21. The fraction of sp³-hybridized carbons (Fsp3) is 0.273. The summed E-state index contributed by atoms with van der Waals surface area (Å²) in [6.07, 6.45) is 8.12. The summed E-state index contributed by atoms with van der Waals surface area (Å²) in [6.45, 7) is 3.34. The number of likely N-dealkylation sites (tertiary alicyclic amines) is 1. The second kappa shape index (κ2) is 7.00. The topological polar surface area (TPSA) is 38.9 Å². The van der Waals surface area contributed by atoms with Gasteiger partial charge in [0.1, 0.15) is 12.7 Å². The Morgan fingerprint density at radius 3 is 2.44 bits per heavy atom. The number of nitrogens with zero attached hydrogens (tertiary/aromatic N) is 5. The molecule has 5 rings (SSSR count). The van der Waals surface area contributed by atoms with Crippen molar-refractivity contribution in [3.8, 4) is 5.69 Å². The molecule has 0 radical (unpaired) electrons. The molecule has 0 spiro atoms. The number of piperidine rings is 1. The fourth-order valence-electron chi connectivity index (χ4n) is 4.15. The van der Waals surface area contributed by atoms with E-state index in [9.17, 15) is 0 Å². The molecular weight excluding hydrogens is 334 g/mol. The zero-order valence-corrected chi connectivity index (χ0v) is 15.3. The van der Waals surface area contributed by atoms with Gasteiger partial charge in [-0.15, -0.1) is 10.2 Å². The highest BCUT2D eigenvalue weighted by Crippen LogP contribution is 2.29. The van der Waals surface area contributed by atoms with Gasteiger partial charge in [0.15, 0.2) is 0 Å². The maximum atomic E-state index is 3.92. The van der Waals surface area contributed by atoms with Crippen LogP contribution in [-0.2, 0) is 6.54 Å². The van der Waals surface area contributed by atoms with Crippen LogP contribution in [0.25, 0.3) is 16.6 Å². The summed E-state index contributed by atoms with van der Waals surface area (Å²) >= 11 is 0. The van der Waals surface area contributed by atoms with Crippen LogP contribution in [-0.4, -0.2) is 37.3 Å². The van der Waals surface area contributed by atoms with E-state index in [1.807, 2.05) is 4.57 Å². The van der Waals surface area contributed by atoms with E-state index in [4.69, 9.17) is 0 Å². The van der Waals surface area contributed by atoms with Gasteiger partial charge in [0.05, 0.1) is 11.2 Å². The number of hydrogen-bond donors (Lipinski definition) is 0. The van der Waals surface area contributed by atoms with Crippen LogP contribution in [0.2, 0.25) is 0 Å². The third-order valence-electron chi connectivity index (χ3n) is 5.62. The first-order valence-corrected chi connectivity index (χ1v) is 9.59. The lowest BCUT2D eigenvalue weighted by molar-refractivity contribution is 0.181. The molecule has 0 saturated carbocycles. The minimum atomic E-state index is 0.561. The Morgan fingerprint density at radius 2 is 1.67 bits per heavy atom. The lowest BCUT2D eigenvalue weighted by Gasteiger charge is -2.33. The predicted octanol–water partition coefficient (Wildman–Crippen LogP) is 4.06. The molecule has 0 aliphatic carbocycles. The summed E-state index contributed by atoms with van der Waals surface area (Å²) in [5.74, 6) is 0. The molecule has 0 bridgehead atoms. The Bertz CT molecular complexity index is 1010. The largest absolute Gasteiger partial charge is 0.344 e. The number of fused-ring (bicyclic) bond motifs is 1. The molecule has 2 aromatic heterocycles. The third kappa shape index (κ3) is 3.26. The molecule has 136 valence electrons. The van der Waals surface area contributed by atoms with Crippen molar-refractivity contribution in [3.05, 3.63) is 79.0 Å².